The van der Waals surface area contributed by atoms with E-state index in [1.54, 1.807) is 42.7 Å². The Hall–Kier alpha value is -3.21. The molecule has 0 aliphatic heterocycles. The van der Waals surface area contributed by atoms with Crippen molar-refractivity contribution in [1.29, 1.82) is 0 Å². The number of benzene rings is 2. The van der Waals surface area contributed by atoms with Gasteiger partial charge in [0.2, 0.25) is 6.29 Å². The quantitative estimate of drug-likeness (QED) is 0.678. The molecule has 0 spiro atoms. The maximum absolute atomic E-state index is 12.1. The molecule has 5 heteroatoms. The van der Waals surface area contributed by atoms with Gasteiger partial charge in [-0.15, -0.1) is 0 Å². The van der Waals surface area contributed by atoms with Crippen LogP contribution in [0, 0.1) is 0 Å². The number of hydrogen-bond acceptors (Lipinski definition) is 3. The van der Waals surface area contributed by atoms with Gasteiger partial charge in [-0.1, -0.05) is 48.5 Å². The molecule has 0 saturated carbocycles. The van der Waals surface area contributed by atoms with Crippen LogP contribution in [0.3, 0.4) is 0 Å². The van der Waals surface area contributed by atoms with Crippen molar-refractivity contribution >= 4 is 24.2 Å². The summed E-state index contributed by atoms with van der Waals surface area (Å²) in [5.41, 5.74) is 3.63. The molecule has 2 aromatic carbocycles. The van der Waals surface area contributed by atoms with Crippen LogP contribution in [0.5, 0.6) is 0 Å². The van der Waals surface area contributed by atoms with E-state index in [1.807, 2.05) is 30.3 Å². The van der Waals surface area contributed by atoms with Crippen LogP contribution in [0.15, 0.2) is 66.7 Å². The van der Waals surface area contributed by atoms with Crippen LogP contribution >= 0.6 is 0 Å². The standard InChI is InChI=1S/C18H15N2O3/c21-14-13-20(19-18(23)16-9-5-2-6-10-16)17(22)12-11-15-7-3-1-4-8-15/h1-12H,13H2,(H,19,23). The van der Waals surface area contributed by atoms with E-state index in [2.05, 4.69) is 5.43 Å². The van der Waals surface area contributed by atoms with Crippen LogP contribution in [-0.4, -0.2) is 29.7 Å². The number of carbonyl (C=O) groups excluding carboxylic acids is 3. The van der Waals surface area contributed by atoms with Crippen molar-refractivity contribution in [2.24, 2.45) is 0 Å². The van der Waals surface area contributed by atoms with E-state index in [0.717, 1.165) is 10.6 Å². The molecule has 2 amide bonds. The lowest BCUT2D eigenvalue weighted by Crippen LogP contribution is -2.46. The summed E-state index contributed by atoms with van der Waals surface area (Å²) in [5, 5.41) is 0.918. The number of nitrogens with one attached hydrogen (secondary N) is 1. The molecule has 0 bridgehead atoms. The second-order valence-electron chi connectivity index (χ2n) is 4.62. The molecule has 1 radical (unpaired) electrons. The van der Waals surface area contributed by atoms with E-state index >= 15 is 0 Å². The summed E-state index contributed by atoms with van der Waals surface area (Å²) in [6.45, 7) is -0.351. The van der Waals surface area contributed by atoms with Crippen LogP contribution in [0.25, 0.3) is 6.08 Å². The number of carbonyl (C=O) groups is 2. The molecule has 0 aliphatic rings. The molecule has 0 fully saturated rings. The van der Waals surface area contributed by atoms with E-state index in [0.29, 0.717) is 5.56 Å². The maximum Gasteiger partial charge on any atom is 0.269 e. The van der Waals surface area contributed by atoms with Crippen molar-refractivity contribution in [2.75, 3.05) is 6.54 Å². The Bertz CT molecular complexity index is 697. The van der Waals surface area contributed by atoms with Gasteiger partial charge in [-0.3, -0.25) is 19.8 Å². The molecule has 0 heterocycles. The number of nitrogens with zero attached hydrogens (tertiary/aromatic N) is 1. The molecule has 2 rings (SSSR count). The predicted octanol–water partition coefficient (Wildman–Crippen LogP) is 1.98. The maximum atomic E-state index is 12.1. The number of hydrazine groups is 1. The third-order valence-electron chi connectivity index (χ3n) is 2.98. The monoisotopic (exact) mass is 307 g/mol. The first-order chi connectivity index (χ1) is 11.2. The molecule has 5 nitrogen and oxygen atoms in total. The van der Waals surface area contributed by atoms with Crippen LogP contribution in [-0.2, 0) is 9.59 Å². The predicted molar refractivity (Wildman–Crippen MR) is 86.8 cm³/mol. The van der Waals surface area contributed by atoms with E-state index in [4.69, 9.17) is 0 Å². The minimum absolute atomic E-state index is 0.351. The molecule has 0 saturated heterocycles. The van der Waals surface area contributed by atoms with Gasteiger partial charge in [-0.25, -0.2) is 5.01 Å². The van der Waals surface area contributed by atoms with Gasteiger partial charge < -0.3 is 0 Å². The molecule has 115 valence electrons. The van der Waals surface area contributed by atoms with Crippen molar-refractivity contribution in [2.45, 2.75) is 0 Å². The third-order valence-corrected chi connectivity index (χ3v) is 2.98. The topological polar surface area (TPSA) is 66.5 Å². The fourth-order valence-electron chi connectivity index (χ4n) is 1.84. The lowest BCUT2D eigenvalue weighted by atomic mass is 10.2. The summed E-state index contributed by atoms with van der Waals surface area (Å²) in [6, 6.07) is 17.7. The average Bonchev–Trinajstić information content (AvgIpc) is 2.61. The van der Waals surface area contributed by atoms with Gasteiger partial charge in [0.1, 0.15) is 6.54 Å². The molecule has 0 unspecified atom stereocenters. The summed E-state index contributed by atoms with van der Waals surface area (Å²) < 4.78 is 0. The summed E-state index contributed by atoms with van der Waals surface area (Å²) >= 11 is 0. The van der Waals surface area contributed by atoms with E-state index in [1.165, 1.54) is 6.08 Å². The Morgan fingerprint density at radius 3 is 2.22 bits per heavy atom. The van der Waals surface area contributed by atoms with Crippen molar-refractivity contribution in [3.8, 4) is 0 Å². The highest BCUT2D eigenvalue weighted by Gasteiger charge is 2.14. The molecular formula is C18H15N2O3. The van der Waals surface area contributed by atoms with Gasteiger partial charge in [0.15, 0.2) is 0 Å². The van der Waals surface area contributed by atoms with Crippen LogP contribution < -0.4 is 5.43 Å². The molecule has 0 atom stereocenters. The zero-order valence-electron chi connectivity index (χ0n) is 12.3. The van der Waals surface area contributed by atoms with Crippen LogP contribution in [0.1, 0.15) is 15.9 Å². The second-order valence-corrected chi connectivity index (χ2v) is 4.62. The molecule has 0 aliphatic carbocycles. The zero-order chi connectivity index (χ0) is 16.5. The van der Waals surface area contributed by atoms with Crippen LogP contribution in [0.4, 0.5) is 0 Å². The molecular weight excluding hydrogens is 292 g/mol. The molecule has 23 heavy (non-hydrogen) atoms. The van der Waals surface area contributed by atoms with Crippen molar-refractivity contribution in [1.82, 2.24) is 10.4 Å². The number of hydrogen-bond donors (Lipinski definition) is 1. The SMILES string of the molecule is O=[C]CN(NC(=O)c1ccccc1)C(=O)C=Cc1ccccc1. The summed E-state index contributed by atoms with van der Waals surface area (Å²) in [5.74, 6) is -0.983. The Kier molecular flexibility index (Phi) is 5.82. The largest absolute Gasteiger partial charge is 0.289 e. The van der Waals surface area contributed by atoms with E-state index < -0.39 is 11.8 Å². The van der Waals surface area contributed by atoms with Crippen molar-refractivity contribution in [3.05, 3.63) is 77.9 Å². The Morgan fingerprint density at radius 1 is 1.00 bits per heavy atom. The van der Waals surface area contributed by atoms with Gasteiger partial charge in [-0.05, 0) is 23.8 Å². The Labute approximate surface area is 134 Å². The smallest absolute Gasteiger partial charge is 0.269 e. The first kappa shape index (κ1) is 16.2. The second kappa shape index (κ2) is 8.29. The van der Waals surface area contributed by atoms with Crippen LogP contribution in [0.2, 0.25) is 0 Å². The lowest BCUT2D eigenvalue weighted by Gasteiger charge is -2.19. The van der Waals surface area contributed by atoms with Gasteiger partial charge >= 0.3 is 0 Å². The summed E-state index contributed by atoms with van der Waals surface area (Å²) in [6.07, 6.45) is 4.51. The Balaban J connectivity index is 2.05. The average molecular weight is 307 g/mol. The van der Waals surface area contributed by atoms with Gasteiger partial charge in [0, 0.05) is 11.6 Å². The highest BCUT2D eigenvalue weighted by molar-refractivity contribution is 5.98. The van der Waals surface area contributed by atoms with E-state index in [9.17, 15) is 14.4 Å². The number of rotatable bonds is 5. The van der Waals surface area contributed by atoms with Crippen molar-refractivity contribution in [3.63, 3.8) is 0 Å². The van der Waals surface area contributed by atoms with Crippen molar-refractivity contribution < 1.29 is 14.4 Å². The molecule has 2 aromatic rings. The summed E-state index contributed by atoms with van der Waals surface area (Å²) in [4.78, 5) is 34.8. The minimum Gasteiger partial charge on any atom is -0.289 e. The highest BCUT2D eigenvalue weighted by Crippen LogP contribution is 2.02. The van der Waals surface area contributed by atoms with Gasteiger partial charge in [0.25, 0.3) is 11.8 Å². The van der Waals surface area contributed by atoms with E-state index in [-0.39, 0.29) is 6.54 Å². The third kappa shape index (κ3) is 4.93. The van der Waals surface area contributed by atoms with Gasteiger partial charge in [-0.2, -0.15) is 0 Å². The lowest BCUT2D eigenvalue weighted by molar-refractivity contribution is -0.127. The fraction of sp³-hybridized carbons (Fsp3) is 0.0556. The molecule has 1 N–H and O–H groups in total. The summed E-state index contributed by atoms with van der Waals surface area (Å²) in [7, 11) is 0. The molecule has 0 aromatic heterocycles. The first-order valence-electron chi connectivity index (χ1n) is 6.96. The first-order valence-corrected chi connectivity index (χ1v) is 6.96. The fourth-order valence-corrected chi connectivity index (χ4v) is 1.84. The normalized spacial score (nSPS) is 10.3. The number of amides is 2. The highest BCUT2D eigenvalue weighted by atomic mass is 16.2. The van der Waals surface area contributed by atoms with Gasteiger partial charge in [0.05, 0.1) is 0 Å². The Morgan fingerprint density at radius 2 is 1.61 bits per heavy atom. The zero-order valence-corrected chi connectivity index (χ0v) is 12.3. The minimum atomic E-state index is -0.513.